The van der Waals surface area contributed by atoms with Crippen molar-refractivity contribution >= 4 is 17.4 Å². The van der Waals surface area contributed by atoms with Crippen LogP contribution in [0.1, 0.15) is 37.2 Å². The van der Waals surface area contributed by atoms with Crippen molar-refractivity contribution in [1.29, 1.82) is 0 Å². The van der Waals surface area contributed by atoms with E-state index in [0.29, 0.717) is 17.9 Å². The molecule has 0 spiro atoms. The first-order valence-corrected chi connectivity index (χ1v) is 5.51. The molecule has 80 valence electrons. The first-order valence-electron chi connectivity index (χ1n) is 5.13. The van der Waals surface area contributed by atoms with Crippen LogP contribution >= 0.6 is 11.6 Å². The molecule has 0 aromatic heterocycles. The van der Waals surface area contributed by atoms with Gasteiger partial charge >= 0.3 is 0 Å². The van der Waals surface area contributed by atoms with Crippen LogP contribution in [0.15, 0.2) is 18.2 Å². The highest BCUT2D eigenvalue weighted by molar-refractivity contribution is 6.31. The Morgan fingerprint density at radius 2 is 2.20 bits per heavy atom. The van der Waals surface area contributed by atoms with Gasteiger partial charge in [0.25, 0.3) is 0 Å². The van der Waals surface area contributed by atoms with Crippen LogP contribution in [0.25, 0.3) is 0 Å². The van der Waals surface area contributed by atoms with E-state index in [9.17, 15) is 9.18 Å². The number of carbonyl (C=O) groups is 1. The fourth-order valence-electron chi connectivity index (χ4n) is 2.12. The van der Waals surface area contributed by atoms with Gasteiger partial charge in [-0.05, 0) is 42.5 Å². The normalized spacial score (nSPS) is 21.7. The maximum absolute atomic E-state index is 13.1. The van der Waals surface area contributed by atoms with Gasteiger partial charge in [0.05, 0.1) is 0 Å². The molecule has 1 aromatic rings. The third kappa shape index (κ3) is 2.37. The maximum Gasteiger partial charge on any atom is 0.133 e. The smallest absolute Gasteiger partial charge is 0.133 e. The molecule has 0 N–H and O–H groups in total. The Labute approximate surface area is 93.2 Å². The van der Waals surface area contributed by atoms with Crippen LogP contribution < -0.4 is 0 Å². The van der Waals surface area contributed by atoms with E-state index in [2.05, 4.69) is 0 Å². The van der Waals surface area contributed by atoms with Crippen LogP contribution in [0.4, 0.5) is 4.39 Å². The molecular formula is C12H12ClFO. The summed E-state index contributed by atoms with van der Waals surface area (Å²) in [6.45, 7) is 0. The van der Waals surface area contributed by atoms with Crippen LogP contribution in [-0.2, 0) is 4.79 Å². The quantitative estimate of drug-likeness (QED) is 0.714. The van der Waals surface area contributed by atoms with Crippen LogP contribution in [0.2, 0.25) is 5.02 Å². The molecule has 1 unspecified atom stereocenters. The highest BCUT2D eigenvalue weighted by atomic mass is 35.5. The summed E-state index contributed by atoms with van der Waals surface area (Å²) < 4.78 is 13.1. The fraction of sp³-hybridized carbons (Fsp3) is 0.417. The molecule has 1 aromatic carbocycles. The summed E-state index contributed by atoms with van der Waals surface area (Å²) in [6.07, 6.45) is 2.97. The molecular weight excluding hydrogens is 215 g/mol. The number of benzene rings is 1. The van der Waals surface area contributed by atoms with Gasteiger partial charge in [-0.15, -0.1) is 0 Å². The zero-order valence-corrected chi connectivity index (χ0v) is 9.06. The summed E-state index contributed by atoms with van der Waals surface area (Å²) in [7, 11) is 0. The number of carbonyl (C=O) groups excluding carboxylic acids is 1. The van der Waals surface area contributed by atoms with Gasteiger partial charge < -0.3 is 0 Å². The first-order chi connectivity index (χ1) is 7.16. The van der Waals surface area contributed by atoms with Crippen molar-refractivity contribution < 1.29 is 9.18 Å². The molecule has 1 aliphatic rings. The Bertz CT molecular complexity index is 389. The molecule has 3 heteroatoms. The van der Waals surface area contributed by atoms with Crippen molar-refractivity contribution in [3.8, 4) is 0 Å². The van der Waals surface area contributed by atoms with E-state index in [1.165, 1.54) is 12.1 Å². The Morgan fingerprint density at radius 3 is 2.93 bits per heavy atom. The van der Waals surface area contributed by atoms with Gasteiger partial charge in [-0.25, -0.2) is 4.39 Å². The lowest BCUT2D eigenvalue weighted by atomic mass is 9.83. The second-order valence-electron chi connectivity index (χ2n) is 4.00. The van der Waals surface area contributed by atoms with Gasteiger partial charge in [0.1, 0.15) is 11.6 Å². The molecule has 0 aliphatic heterocycles. The Balaban J connectivity index is 2.27. The zero-order chi connectivity index (χ0) is 10.8. The van der Waals surface area contributed by atoms with E-state index >= 15 is 0 Å². The van der Waals surface area contributed by atoms with Gasteiger partial charge in [0.2, 0.25) is 0 Å². The summed E-state index contributed by atoms with van der Waals surface area (Å²) >= 11 is 6.00. The molecule has 0 amide bonds. The first kappa shape index (κ1) is 10.6. The largest absolute Gasteiger partial charge is 0.300 e. The molecule has 1 aliphatic carbocycles. The zero-order valence-electron chi connectivity index (χ0n) is 8.30. The number of hydrogen-bond donors (Lipinski definition) is 0. The van der Waals surface area contributed by atoms with Crippen LogP contribution in [0.5, 0.6) is 0 Å². The Morgan fingerprint density at radius 1 is 1.40 bits per heavy atom. The van der Waals surface area contributed by atoms with Crippen molar-refractivity contribution in [3.05, 3.63) is 34.6 Å². The van der Waals surface area contributed by atoms with Gasteiger partial charge in [-0.2, -0.15) is 0 Å². The van der Waals surface area contributed by atoms with Crippen molar-refractivity contribution in [2.45, 2.75) is 31.6 Å². The lowest BCUT2D eigenvalue weighted by Gasteiger charge is -2.22. The standard InChI is InChI=1S/C12H12ClFO/c13-12-5-4-9(14)7-11(12)8-2-1-3-10(15)6-8/h4-5,7-8H,1-3,6H2. The predicted molar refractivity (Wildman–Crippen MR) is 57.6 cm³/mol. The molecule has 15 heavy (non-hydrogen) atoms. The Kier molecular flexibility index (Phi) is 3.06. The average molecular weight is 227 g/mol. The number of ketones is 1. The SMILES string of the molecule is O=C1CCCC(c2cc(F)ccc2Cl)C1. The summed E-state index contributed by atoms with van der Waals surface area (Å²) in [4.78, 5) is 11.3. The average Bonchev–Trinajstić information content (AvgIpc) is 2.22. The fourth-order valence-corrected chi connectivity index (χ4v) is 2.39. The van der Waals surface area contributed by atoms with Crippen LogP contribution in [-0.4, -0.2) is 5.78 Å². The third-order valence-electron chi connectivity index (χ3n) is 2.88. The lowest BCUT2D eigenvalue weighted by Crippen LogP contribution is -2.13. The number of rotatable bonds is 1. The van der Waals surface area contributed by atoms with E-state index in [4.69, 9.17) is 11.6 Å². The molecule has 0 heterocycles. The highest BCUT2D eigenvalue weighted by Crippen LogP contribution is 2.35. The molecule has 1 fully saturated rings. The van der Waals surface area contributed by atoms with E-state index in [1.54, 1.807) is 6.07 Å². The van der Waals surface area contributed by atoms with Crippen molar-refractivity contribution in [2.75, 3.05) is 0 Å². The summed E-state index contributed by atoms with van der Waals surface area (Å²) in [5.74, 6) is 0.0773. The third-order valence-corrected chi connectivity index (χ3v) is 3.22. The van der Waals surface area contributed by atoms with Crippen LogP contribution in [0, 0.1) is 5.82 Å². The topological polar surface area (TPSA) is 17.1 Å². The van der Waals surface area contributed by atoms with Gasteiger partial charge in [-0.1, -0.05) is 11.6 Å². The van der Waals surface area contributed by atoms with E-state index in [-0.39, 0.29) is 17.5 Å². The van der Waals surface area contributed by atoms with Crippen molar-refractivity contribution in [1.82, 2.24) is 0 Å². The summed E-state index contributed by atoms with van der Waals surface area (Å²) in [5, 5.41) is 0.566. The number of Topliss-reactive ketones (excluding diaryl/α,β-unsaturated/α-hetero) is 1. The molecule has 1 atom stereocenters. The highest BCUT2D eigenvalue weighted by Gasteiger charge is 2.22. The molecule has 2 rings (SSSR count). The summed E-state index contributed by atoms with van der Waals surface area (Å²) in [5.41, 5.74) is 0.782. The van der Waals surface area contributed by atoms with E-state index in [0.717, 1.165) is 18.4 Å². The summed E-state index contributed by atoms with van der Waals surface area (Å²) in [6, 6.07) is 4.35. The maximum atomic E-state index is 13.1. The minimum Gasteiger partial charge on any atom is -0.300 e. The van der Waals surface area contributed by atoms with E-state index in [1.807, 2.05) is 0 Å². The Hall–Kier alpha value is -0.890. The van der Waals surface area contributed by atoms with Gasteiger partial charge in [-0.3, -0.25) is 4.79 Å². The van der Waals surface area contributed by atoms with Gasteiger partial charge in [0, 0.05) is 17.9 Å². The second-order valence-corrected chi connectivity index (χ2v) is 4.40. The van der Waals surface area contributed by atoms with Crippen LogP contribution in [0.3, 0.4) is 0 Å². The molecule has 0 bridgehead atoms. The van der Waals surface area contributed by atoms with Gasteiger partial charge in [0.15, 0.2) is 0 Å². The monoisotopic (exact) mass is 226 g/mol. The molecule has 1 nitrogen and oxygen atoms in total. The minimum atomic E-state index is -0.285. The van der Waals surface area contributed by atoms with E-state index < -0.39 is 0 Å². The number of hydrogen-bond acceptors (Lipinski definition) is 1. The lowest BCUT2D eigenvalue weighted by molar-refractivity contribution is -0.120. The molecule has 0 saturated heterocycles. The molecule has 0 radical (unpaired) electrons. The van der Waals surface area contributed by atoms with Crippen molar-refractivity contribution in [2.24, 2.45) is 0 Å². The molecule has 1 saturated carbocycles. The van der Waals surface area contributed by atoms with Crippen molar-refractivity contribution in [3.63, 3.8) is 0 Å². The minimum absolute atomic E-state index is 0.106. The second kappa shape index (κ2) is 4.31. The number of halogens is 2. The predicted octanol–water partition coefficient (Wildman–Crippen LogP) is 3.71.